The summed E-state index contributed by atoms with van der Waals surface area (Å²) in [6.07, 6.45) is 28.4. The number of carbonyl (C=O) groups is 1. The molecule has 1 saturated heterocycles. The summed E-state index contributed by atoms with van der Waals surface area (Å²) in [6, 6.07) is 0. The highest BCUT2D eigenvalue weighted by molar-refractivity contribution is 5.69. The Morgan fingerprint density at radius 3 is 1.87 bits per heavy atom. The number of hydrogen-bond donors (Lipinski definition) is 4. The van der Waals surface area contributed by atoms with E-state index in [1.54, 1.807) is 0 Å². The second-order valence-electron chi connectivity index (χ2n) is 11.6. The van der Waals surface area contributed by atoms with Crippen molar-refractivity contribution in [1.82, 2.24) is 0 Å². The zero-order valence-electron chi connectivity index (χ0n) is 28.3. The van der Waals surface area contributed by atoms with Crippen LogP contribution in [-0.2, 0) is 23.7 Å². The molecule has 1 aliphatic rings. The Balaban J connectivity index is 2.11. The van der Waals surface area contributed by atoms with Gasteiger partial charge in [-0.05, 0) is 57.8 Å². The van der Waals surface area contributed by atoms with Gasteiger partial charge in [-0.25, -0.2) is 0 Å². The number of aliphatic hydroxyl groups is 4. The second kappa shape index (κ2) is 29.1. The summed E-state index contributed by atoms with van der Waals surface area (Å²) in [4.78, 5) is 12.1. The van der Waals surface area contributed by atoms with Crippen molar-refractivity contribution in [2.45, 2.75) is 141 Å². The molecule has 0 bridgehead atoms. The van der Waals surface area contributed by atoms with Crippen LogP contribution in [0.2, 0.25) is 0 Å². The fraction of sp³-hybridized carbons (Fsp3) is 0.703. The van der Waals surface area contributed by atoms with E-state index in [-0.39, 0.29) is 25.6 Å². The van der Waals surface area contributed by atoms with Gasteiger partial charge in [-0.3, -0.25) is 4.79 Å². The minimum absolute atomic E-state index is 0.125. The van der Waals surface area contributed by atoms with Crippen LogP contribution in [0.5, 0.6) is 0 Å². The molecule has 1 aliphatic heterocycles. The molecule has 4 N–H and O–H groups in total. The van der Waals surface area contributed by atoms with Crippen molar-refractivity contribution < 1.29 is 44.2 Å². The third-order valence-corrected chi connectivity index (χ3v) is 7.42. The molecular formula is C37H62O9. The topological polar surface area (TPSA) is 135 Å². The highest BCUT2D eigenvalue weighted by atomic mass is 16.7. The molecule has 1 rings (SSSR count). The van der Waals surface area contributed by atoms with E-state index in [1.807, 2.05) is 6.92 Å². The number of esters is 1. The van der Waals surface area contributed by atoms with Crippen molar-refractivity contribution in [3.63, 3.8) is 0 Å². The third kappa shape index (κ3) is 20.9. The van der Waals surface area contributed by atoms with Crippen LogP contribution in [0, 0.1) is 0 Å². The number of rotatable bonds is 27. The first-order valence-electron chi connectivity index (χ1n) is 17.4. The first-order chi connectivity index (χ1) is 22.4. The summed E-state index contributed by atoms with van der Waals surface area (Å²) in [5.41, 5.74) is 0. The third-order valence-electron chi connectivity index (χ3n) is 7.42. The predicted octanol–water partition coefficient (Wildman–Crippen LogP) is 6.01. The van der Waals surface area contributed by atoms with Crippen molar-refractivity contribution in [3.05, 3.63) is 60.8 Å². The predicted molar refractivity (Wildman–Crippen MR) is 182 cm³/mol. The number of hydrogen-bond acceptors (Lipinski definition) is 9. The van der Waals surface area contributed by atoms with Crippen LogP contribution in [0.15, 0.2) is 60.8 Å². The van der Waals surface area contributed by atoms with Gasteiger partial charge in [-0.1, -0.05) is 100 Å². The maximum atomic E-state index is 12.1. The molecule has 0 aliphatic carbocycles. The Bertz CT molecular complexity index is 880. The van der Waals surface area contributed by atoms with E-state index in [0.717, 1.165) is 57.8 Å². The molecule has 46 heavy (non-hydrogen) atoms. The molecule has 6 atom stereocenters. The summed E-state index contributed by atoms with van der Waals surface area (Å²) < 4.78 is 22.2. The van der Waals surface area contributed by atoms with Crippen LogP contribution in [0.3, 0.4) is 0 Å². The smallest absolute Gasteiger partial charge is 0.306 e. The van der Waals surface area contributed by atoms with Gasteiger partial charge in [-0.15, -0.1) is 0 Å². The van der Waals surface area contributed by atoms with Crippen LogP contribution in [0.1, 0.15) is 104 Å². The summed E-state index contributed by atoms with van der Waals surface area (Å²) in [6.45, 7) is 4.00. The highest BCUT2D eigenvalue weighted by Gasteiger charge is 2.44. The Kier molecular flexibility index (Phi) is 26.5. The van der Waals surface area contributed by atoms with E-state index >= 15 is 0 Å². The summed E-state index contributed by atoms with van der Waals surface area (Å²) in [5.74, 6) is -0.377. The van der Waals surface area contributed by atoms with Crippen molar-refractivity contribution >= 4 is 5.97 Å². The SMILES string of the molecule is CC/C=C\C/C=C\C/C=C\C/C=C\C/C=C\CCCCCCCCOCC(COC1OC(CO)C(O)C(O)C1O)OC(=O)CCC. The van der Waals surface area contributed by atoms with Gasteiger partial charge in [0.25, 0.3) is 0 Å². The summed E-state index contributed by atoms with van der Waals surface area (Å²) in [5, 5.41) is 39.4. The van der Waals surface area contributed by atoms with Gasteiger partial charge in [0, 0.05) is 13.0 Å². The Morgan fingerprint density at radius 2 is 1.28 bits per heavy atom. The number of ether oxygens (including phenoxy) is 4. The van der Waals surface area contributed by atoms with E-state index in [4.69, 9.17) is 18.9 Å². The number of allylic oxidation sites excluding steroid dienone is 10. The average molecular weight is 651 g/mol. The van der Waals surface area contributed by atoms with Gasteiger partial charge in [0.2, 0.25) is 0 Å². The lowest BCUT2D eigenvalue weighted by Gasteiger charge is -2.39. The minimum atomic E-state index is -1.54. The van der Waals surface area contributed by atoms with Crippen LogP contribution < -0.4 is 0 Å². The molecule has 9 heteroatoms. The molecule has 9 nitrogen and oxygen atoms in total. The van der Waals surface area contributed by atoms with Crippen LogP contribution in [-0.4, -0.2) is 89.6 Å². The largest absolute Gasteiger partial charge is 0.457 e. The summed E-state index contributed by atoms with van der Waals surface area (Å²) >= 11 is 0. The van der Waals surface area contributed by atoms with Crippen molar-refractivity contribution in [3.8, 4) is 0 Å². The molecule has 0 aromatic carbocycles. The standard InChI is InChI=1S/C37H62O9/c1-3-5-6-7-8-9-10-11-12-13-14-15-16-17-18-19-20-21-22-23-24-25-27-43-29-31(45-33(39)26-4-2)30-44-37-36(42)35(41)34(40)32(28-38)46-37/h5-6,8-9,11-12,14-15,17-18,31-32,34-38,40-42H,3-4,7,10,13,16,19-30H2,1-2H3/b6-5-,9-8-,12-11-,15-14-,18-17-. The summed E-state index contributed by atoms with van der Waals surface area (Å²) in [7, 11) is 0. The molecule has 0 spiro atoms. The molecule has 6 unspecified atom stereocenters. The molecule has 0 saturated carbocycles. The van der Waals surface area contributed by atoms with Crippen LogP contribution in [0.25, 0.3) is 0 Å². The fourth-order valence-electron chi connectivity index (χ4n) is 4.73. The molecule has 264 valence electrons. The van der Waals surface area contributed by atoms with Gasteiger partial charge in [0.1, 0.15) is 30.5 Å². The normalized spacial score (nSPS) is 23.1. The maximum Gasteiger partial charge on any atom is 0.306 e. The lowest BCUT2D eigenvalue weighted by molar-refractivity contribution is -0.305. The van der Waals surface area contributed by atoms with Gasteiger partial charge < -0.3 is 39.4 Å². The fourth-order valence-corrected chi connectivity index (χ4v) is 4.73. The number of aliphatic hydroxyl groups excluding tert-OH is 4. The number of unbranched alkanes of at least 4 members (excludes halogenated alkanes) is 6. The zero-order valence-corrected chi connectivity index (χ0v) is 28.3. The Labute approximate surface area is 277 Å². The van der Waals surface area contributed by atoms with Gasteiger partial charge in [-0.2, -0.15) is 0 Å². The zero-order chi connectivity index (χ0) is 33.7. The monoisotopic (exact) mass is 650 g/mol. The van der Waals surface area contributed by atoms with Crippen LogP contribution in [0.4, 0.5) is 0 Å². The van der Waals surface area contributed by atoms with Crippen molar-refractivity contribution in [2.75, 3.05) is 26.4 Å². The number of carbonyl (C=O) groups excluding carboxylic acids is 1. The second-order valence-corrected chi connectivity index (χ2v) is 11.6. The lowest BCUT2D eigenvalue weighted by Crippen LogP contribution is -2.59. The molecule has 0 aromatic heterocycles. The van der Waals surface area contributed by atoms with E-state index in [2.05, 4.69) is 67.7 Å². The van der Waals surface area contributed by atoms with Crippen LogP contribution >= 0.6 is 0 Å². The maximum absolute atomic E-state index is 12.1. The minimum Gasteiger partial charge on any atom is -0.457 e. The molecule has 0 radical (unpaired) electrons. The lowest BCUT2D eigenvalue weighted by atomic mass is 9.99. The average Bonchev–Trinajstić information content (AvgIpc) is 3.05. The molecule has 1 heterocycles. The van der Waals surface area contributed by atoms with Gasteiger partial charge in [0.05, 0.1) is 19.8 Å². The first kappa shape index (κ1) is 41.9. The Morgan fingerprint density at radius 1 is 0.717 bits per heavy atom. The van der Waals surface area contributed by atoms with Gasteiger partial charge in [0.15, 0.2) is 6.29 Å². The quantitative estimate of drug-likeness (QED) is 0.0479. The van der Waals surface area contributed by atoms with E-state index < -0.39 is 43.4 Å². The molecular weight excluding hydrogens is 588 g/mol. The van der Waals surface area contributed by atoms with Crippen molar-refractivity contribution in [2.24, 2.45) is 0 Å². The molecule has 0 amide bonds. The van der Waals surface area contributed by atoms with E-state index in [9.17, 15) is 25.2 Å². The van der Waals surface area contributed by atoms with Gasteiger partial charge >= 0.3 is 5.97 Å². The van der Waals surface area contributed by atoms with E-state index in [0.29, 0.717) is 13.0 Å². The molecule has 1 fully saturated rings. The molecule has 0 aromatic rings. The Hall–Kier alpha value is -2.11. The van der Waals surface area contributed by atoms with Crippen molar-refractivity contribution in [1.29, 1.82) is 0 Å². The van der Waals surface area contributed by atoms with E-state index in [1.165, 1.54) is 19.3 Å². The first-order valence-corrected chi connectivity index (χ1v) is 17.4. The highest BCUT2D eigenvalue weighted by Crippen LogP contribution is 2.22.